The fraction of sp³-hybridized carbons (Fsp3) is 0.0667. The largest absolute Gasteiger partial charge is 0.458 e. The first-order chi connectivity index (χ1) is 9.95. The van der Waals surface area contributed by atoms with Crippen LogP contribution in [-0.2, 0) is 0 Å². The van der Waals surface area contributed by atoms with Gasteiger partial charge in [-0.15, -0.1) is 0 Å². The number of aliphatic hydroxyl groups excluding tert-OH is 1. The molecule has 2 nitrogen and oxygen atoms in total. The maximum absolute atomic E-state index is 13.8. The van der Waals surface area contributed by atoms with Gasteiger partial charge >= 0.3 is 0 Å². The summed E-state index contributed by atoms with van der Waals surface area (Å²) in [6.45, 7) is 0. The summed E-state index contributed by atoms with van der Waals surface area (Å²) in [6, 6.07) is 8.10. The van der Waals surface area contributed by atoms with Crippen LogP contribution in [0, 0.1) is 11.6 Å². The zero-order valence-corrected chi connectivity index (χ0v) is 11.9. The minimum absolute atomic E-state index is 0.0906. The van der Waals surface area contributed by atoms with Gasteiger partial charge in [-0.1, -0.05) is 23.2 Å². The quantitative estimate of drug-likeness (QED) is 0.664. The number of furan rings is 1. The van der Waals surface area contributed by atoms with Crippen molar-refractivity contribution >= 4 is 34.2 Å². The second-order valence-corrected chi connectivity index (χ2v) is 5.36. The van der Waals surface area contributed by atoms with Gasteiger partial charge in [0.05, 0.1) is 5.02 Å². The Morgan fingerprint density at radius 3 is 2.52 bits per heavy atom. The van der Waals surface area contributed by atoms with Gasteiger partial charge in [-0.05, 0) is 36.4 Å². The minimum atomic E-state index is -1.44. The predicted octanol–water partition coefficient (Wildman–Crippen LogP) is 5.10. The fourth-order valence-electron chi connectivity index (χ4n) is 2.07. The van der Waals surface area contributed by atoms with E-state index < -0.39 is 17.7 Å². The molecule has 2 aromatic carbocycles. The molecule has 0 aliphatic heterocycles. The van der Waals surface area contributed by atoms with Crippen molar-refractivity contribution in [3.63, 3.8) is 0 Å². The molecule has 0 fully saturated rings. The molecule has 108 valence electrons. The average molecular weight is 329 g/mol. The van der Waals surface area contributed by atoms with Gasteiger partial charge in [-0.25, -0.2) is 8.78 Å². The Hall–Kier alpha value is -1.62. The molecule has 1 atom stereocenters. The summed E-state index contributed by atoms with van der Waals surface area (Å²) in [4.78, 5) is 0. The van der Waals surface area contributed by atoms with Gasteiger partial charge < -0.3 is 9.52 Å². The van der Waals surface area contributed by atoms with Gasteiger partial charge in [0.1, 0.15) is 29.1 Å². The van der Waals surface area contributed by atoms with Crippen molar-refractivity contribution < 1.29 is 18.3 Å². The van der Waals surface area contributed by atoms with E-state index in [2.05, 4.69) is 0 Å². The van der Waals surface area contributed by atoms with Crippen LogP contribution in [0.1, 0.15) is 17.4 Å². The number of halogens is 4. The van der Waals surface area contributed by atoms with Crippen LogP contribution in [0.25, 0.3) is 11.0 Å². The normalized spacial score (nSPS) is 12.8. The van der Waals surface area contributed by atoms with E-state index in [1.165, 1.54) is 6.07 Å². The molecule has 1 heterocycles. The maximum atomic E-state index is 13.8. The number of hydrogen-bond acceptors (Lipinski definition) is 2. The van der Waals surface area contributed by atoms with Crippen LogP contribution in [0.3, 0.4) is 0 Å². The molecule has 0 radical (unpaired) electrons. The van der Waals surface area contributed by atoms with Crippen molar-refractivity contribution in [1.29, 1.82) is 0 Å². The molecule has 0 amide bonds. The standard InChI is InChI=1S/C15H8Cl2F2O2/c16-8-1-2-13-7(3-8)4-14(21-13)15(20)9-5-12(19)10(17)6-11(9)18/h1-6,15,20H. The Kier molecular flexibility index (Phi) is 3.61. The molecule has 21 heavy (non-hydrogen) atoms. The summed E-state index contributed by atoms with van der Waals surface area (Å²) >= 11 is 11.3. The number of aliphatic hydroxyl groups is 1. The summed E-state index contributed by atoms with van der Waals surface area (Å²) in [5.41, 5.74) is 0.241. The first-order valence-corrected chi connectivity index (χ1v) is 6.73. The third-order valence-electron chi connectivity index (χ3n) is 3.10. The second-order valence-electron chi connectivity index (χ2n) is 4.52. The van der Waals surface area contributed by atoms with Crippen LogP contribution in [-0.4, -0.2) is 5.11 Å². The molecule has 1 N–H and O–H groups in total. The molecule has 0 aliphatic carbocycles. The SMILES string of the molecule is OC(c1cc2cc(Cl)ccc2o1)c1cc(F)c(Cl)cc1F. The Bertz CT molecular complexity index is 830. The molecule has 0 bridgehead atoms. The molecule has 6 heteroatoms. The topological polar surface area (TPSA) is 33.4 Å². The van der Waals surface area contributed by atoms with Crippen LogP contribution >= 0.6 is 23.2 Å². The lowest BCUT2D eigenvalue weighted by atomic mass is 10.1. The second kappa shape index (κ2) is 5.30. The Labute approximate surface area is 128 Å². The van der Waals surface area contributed by atoms with E-state index in [0.29, 0.717) is 16.0 Å². The number of fused-ring (bicyclic) bond motifs is 1. The van der Waals surface area contributed by atoms with Gasteiger partial charge in [-0.3, -0.25) is 0 Å². The summed E-state index contributed by atoms with van der Waals surface area (Å²) in [6.07, 6.45) is -1.44. The summed E-state index contributed by atoms with van der Waals surface area (Å²) in [5.74, 6) is -1.54. The average Bonchev–Trinajstić information content (AvgIpc) is 2.85. The number of hydrogen-bond donors (Lipinski definition) is 1. The number of benzene rings is 2. The molecule has 0 spiro atoms. The van der Waals surface area contributed by atoms with Crippen LogP contribution in [0.4, 0.5) is 8.78 Å². The predicted molar refractivity (Wildman–Crippen MR) is 76.7 cm³/mol. The van der Waals surface area contributed by atoms with Crippen molar-refractivity contribution in [2.24, 2.45) is 0 Å². The minimum Gasteiger partial charge on any atom is -0.458 e. The van der Waals surface area contributed by atoms with Crippen LogP contribution in [0.15, 0.2) is 40.8 Å². The molecule has 3 aromatic rings. The van der Waals surface area contributed by atoms with E-state index >= 15 is 0 Å². The van der Waals surface area contributed by atoms with Gasteiger partial charge in [0.15, 0.2) is 0 Å². The monoisotopic (exact) mass is 328 g/mol. The molecule has 1 unspecified atom stereocenters. The highest BCUT2D eigenvalue weighted by molar-refractivity contribution is 6.31. The van der Waals surface area contributed by atoms with Crippen molar-refractivity contribution in [3.05, 3.63) is 69.4 Å². The van der Waals surface area contributed by atoms with Crippen LogP contribution in [0.2, 0.25) is 10.0 Å². The Balaban J connectivity index is 2.07. The van der Waals surface area contributed by atoms with Crippen LogP contribution in [0.5, 0.6) is 0 Å². The van der Waals surface area contributed by atoms with Gasteiger partial charge in [-0.2, -0.15) is 0 Å². The van der Waals surface area contributed by atoms with Gasteiger partial charge in [0.25, 0.3) is 0 Å². The summed E-state index contributed by atoms with van der Waals surface area (Å²) in [7, 11) is 0. The molecule has 0 saturated carbocycles. The van der Waals surface area contributed by atoms with E-state index in [0.717, 1.165) is 12.1 Å². The third kappa shape index (κ3) is 2.62. The van der Waals surface area contributed by atoms with Gasteiger partial charge in [0, 0.05) is 16.0 Å². The zero-order chi connectivity index (χ0) is 15.1. The Morgan fingerprint density at radius 2 is 1.76 bits per heavy atom. The molecule has 3 rings (SSSR count). The molecular formula is C15H8Cl2F2O2. The van der Waals surface area contributed by atoms with Crippen LogP contribution < -0.4 is 0 Å². The lowest BCUT2D eigenvalue weighted by Crippen LogP contribution is -2.02. The third-order valence-corrected chi connectivity index (χ3v) is 3.63. The lowest BCUT2D eigenvalue weighted by molar-refractivity contribution is 0.187. The first-order valence-electron chi connectivity index (χ1n) is 5.97. The molecule has 0 aliphatic rings. The van der Waals surface area contributed by atoms with Crippen molar-refractivity contribution in [1.82, 2.24) is 0 Å². The highest BCUT2D eigenvalue weighted by Crippen LogP contribution is 2.32. The highest BCUT2D eigenvalue weighted by atomic mass is 35.5. The van der Waals surface area contributed by atoms with E-state index in [-0.39, 0.29) is 16.3 Å². The van der Waals surface area contributed by atoms with Crippen molar-refractivity contribution in [2.45, 2.75) is 6.10 Å². The van der Waals surface area contributed by atoms with E-state index in [4.69, 9.17) is 27.6 Å². The smallest absolute Gasteiger partial charge is 0.142 e. The molecular weight excluding hydrogens is 321 g/mol. The van der Waals surface area contributed by atoms with Gasteiger partial charge in [0.2, 0.25) is 0 Å². The van der Waals surface area contributed by atoms with E-state index in [9.17, 15) is 13.9 Å². The highest BCUT2D eigenvalue weighted by Gasteiger charge is 2.21. The molecule has 0 saturated heterocycles. The fourth-order valence-corrected chi connectivity index (χ4v) is 2.40. The van der Waals surface area contributed by atoms with Crippen molar-refractivity contribution in [3.8, 4) is 0 Å². The maximum Gasteiger partial charge on any atom is 0.142 e. The lowest BCUT2D eigenvalue weighted by Gasteiger charge is -2.10. The van der Waals surface area contributed by atoms with Crippen molar-refractivity contribution in [2.75, 3.05) is 0 Å². The molecule has 1 aromatic heterocycles. The number of rotatable bonds is 2. The first kappa shape index (κ1) is 14.3. The van der Waals surface area contributed by atoms with E-state index in [1.807, 2.05) is 0 Å². The summed E-state index contributed by atoms with van der Waals surface area (Å²) < 4.78 is 32.7. The van der Waals surface area contributed by atoms with E-state index in [1.54, 1.807) is 18.2 Å². The Morgan fingerprint density at radius 1 is 1.00 bits per heavy atom. The summed E-state index contributed by atoms with van der Waals surface area (Å²) in [5, 5.41) is 11.0. The zero-order valence-electron chi connectivity index (χ0n) is 10.4.